The van der Waals surface area contributed by atoms with E-state index in [1.165, 1.54) is 0 Å². The predicted molar refractivity (Wildman–Crippen MR) is 81.9 cm³/mol. The molecule has 0 fully saturated rings. The minimum absolute atomic E-state index is 0.00787. The Hall–Kier alpha value is -2.55. The topological polar surface area (TPSA) is 48.0 Å². The highest BCUT2D eigenvalue weighted by molar-refractivity contribution is 6.16. The molecule has 20 heavy (non-hydrogen) atoms. The lowest BCUT2D eigenvalue weighted by molar-refractivity contribution is 0.104. The van der Waals surface area contributed by atoms with E-state index in [1.54, 1.807) is 6.07 Å². The average Bonchev–Trinajstić information content (AvgIpc) is 2.79. The molecule has 2 N–H and O–H groups in total. The van der Waals surface area contributed by atoms with Crippen LogP contribution in [0, 0.1) is 6.92 Å². The molecule has 0 aliphatic carbocycles. The molecule has 0 radical (unpaired) electrons. The second kappa shape index (κ2) is 4.53. The van der Waals surface area contributed by atoms with Crippen molar-refractivity contribution in [1.29, 1.82) is 0 Å². The summed E-state index contributed by atoms with van der Waals surface area (Å²) < 4.78 is 1.97. The first-order chi connectivity index (χ1) is 9.58. The number of carbonyl (C=O) groups excluding carboxylic acids is 1. The van der Waals surface area contributed by atoms with Crippen LogP contribution < -0.4 is 5.73 Å². The maximum absolute atomic E-state index is 12.7. The standard InChI is InChI=1S/C17H16N2O/c1-11-7-8-12(9-15(11)18)17(20)14-10-19(2)16-6-4-3-5-13(14)16/h3-10H,18H2,1-2H3. The van der Waals surface area contributed by atoms with Gasteiger partial charge in [-0.15, -0.1) is 0 Å². The van der Waals surface area contributed by atoms with Crippen LogP contribution in [0.15, 0.2) is 48.7 Å². The normalized spacial score (nSPS) is 10.9. The highest BCUT2D eigenvalue weighted by atomic mass is 16.1. The molecule has 0 aliphatic heterocycles. The fourth-order valence-corrected chi connectivity index (χ4v) is 2.46. The van der Waals surface area contributed by atoms with Gasteiger partial charge in [0.1, 0.15) is 0 Å². The van der Waals surface area contributed by atoms with Crippen LogP contribution in [0.2, 0.25) is 0 Å². The molecule has 3 rings (SSSR count). The summed E-state index contributed by atoms with van der Waals surface area (Å²) in [5, 5.41) is 0.971. The van der Waals surface area contributed by atoms with Gasteiger partial charge >= 0.3 is 0 Å². The molecule has 0 saturated heterocycles. The van der Waals surface area contributed by atoms with Crippen LogP contribution in [0.25, 0.3) is 10.9 Å². The molecule has 100 valence electrons. The lowest BCUT2D eigenvalue weighted by atomic mass is 10.0. The monoisotopic (exact) mass is 264 g/mol. The van der Waals surface area contributed by atoms with Crippen molar-refractivity contribution in [2.45, 2.75) is 6.92 Å². The molecule has 0 bridgehead atoms. The van der Waals surface area contributed by atoms with Gasteiger partial charge in [-0.25, -0.2) is 0 Å². The van der Waals surface area contributed by atoms with Gasteiger partial charge in [-0.05, 0) is 24.6 Å². The Morgan fingerprint density at radius 2 is 1.90 bits per heavy atom. The number of hydrogen-bond acceptors (Lipinski definition) is 2. The van der Waals surface area contributed by atoms with Gasteiger partial charge in [0, 0.05) is 41.0 Å². The number of anilines is 1. The van der Waals surface area contributed by atoms with Crippen molar-refractivity contribution < 1.29 is 4.79 Å². The maximum Gasteiger partial charge on any atom is 0.195 e. The SMILES string of the molecule is Cc1ccc(C(=O)c2cn(C)c3ccccc23)cc1N. The number of benzene rings is 2. The molecule has 3 nitrogen and oxygen atoms in total. The zero-order valence-electron chi connectivity index (χ0n) is 11.6. The Kier molecular flexibility index (Phi) is 2.83. The predicted octanol–water partition coefficient (Wildman–Crippen LogP) is 3.30. The Labute approximate surface area is 117 Å². The third kappa shape index (κ3) is 1.88. The number of nitrogen functional groups attached to an aromatic ring is 1. The third-order valence-electron chi connectivity index (χ3n) is 3.68. The quantitative estimate of drug-likeness (QED) is 0.570. The molecule has 1 heterocycles. The zero-order chi connectivity index (χ0) is 14.3. The summed E-state index contributed by atoms with van der Waals surface area (Å²) in [7, 11) is 1.95. The van der Waals surface area contributed by atoms with E-state index in [2.05, 4.69) is 0 Å². The second-order valence-corrected chi connectivity index (χ2v) is 5.07. The van der Waals surface area contributed by atoms with Gasteiger partial charge in [-0.1, -0.05) is 30.3 Å². The number of ketones is 1. The van der Waals surface area contributed by atoms with Gasteiger partial charge in [-0.3, -0.25) is 4.79 Å². The molecule has 2 aromatic carbocycles. The molecule has 3 aromatic rings. The minimum Gasteiger partial charge on any atom is -0.398 e. The Balaban J connectivity index is 2.15. The molecule has 0 atom stereocenters. The van der Waals surface area contributed by atoms with E-state index in [0.29, 0.717) is 16.8 Å². The first kappa shape index (κ1) is 12.5. The van der Waals surface area contributed by atoms with Gasteiger partial charge < -0.3 is 10.3 Å². The molecule has 0 spiro atoms. The van der Waals surface area contributed by atoms with Gasteiger partial charge in [0.05, 0.1) is 0 Å². The average molecular weight is 264 g/mol. The number of hydrogen-bond donors (Lipinski definition) is 1. The number of carbonyl (C=O) groups is 1. The van der Waals surface area contributed by atoms with Crippen LogP contribution in [0.5, 0.6) is 0 Å². The summed E-state index contributed by atoms with van der Waals surface area (Å²) >= 11 is 0. The van der Waals surface area contributed by atoms with Crippen molar-refractivity contribution >= 4 is 22.4 Å². The van der Waals surface area contributed by atoms with Crippen molar-refractivity contribution in [3.05, 3.63) is 65.4 Å². The van der Waals surface area contributed by atoms with Crippen LogP contribution in [0.3, 0.4) is 0 Å². The van der Waals surface area contributed by atoms with E-state index in [0.717, 1.165) is 16.5 Å². The summed E-state index contributed by atoms with van der Waals surface area (Å²) in [4.78, 5) is 12.7. The largest absolute Gasteiger partial charge is 0.398 e. The summed E-state index contributed by atoms with van der Waals surface area (Å²) in [5.41, 5.74) is 9.93. The van der Waals surface area contributed by atoms with E-state index < -0.39 is 0 Å². The van der Waals surface area contributed by atoms with Crippen LogP contribution >= 0.6 is 0 Å². The first-order valence-corrected chi connectivity index (χ1v) is 6.53. The maximum atomic E-state index is 12.7. The minimum atomic E-state index is 0.00787. The van der Waals surface area contributed by atoms with E-state index >= 15 is 0 Å². The van der Waals surface area contributed by atoms with E-state index in [1.807, 2.05) is 61.1 Å². The number of rotatable bonds is 2. The molecule has 0 unspecified atom stereocenters. The molecular formula is C17H16N2O. The molecule has 0 saturated carbocycles. The molecular weight excluding hydrogens is 248 g/mol. The number of aryl methyl sites for hydroxylation is 2. The highest BCUT2D eigenvalue weighted by Crippen LogP contribution is 2.24. The van der Waals surface area contributed by atoms with E-state index in [9.17, 15) is 4.79 Å². The zero-order valence-corrected chi connectivity index (χ0v) is 11.6. The first-order valence-electron chi connectivity index (χ1n) is 6.53. The van der Waals surface area contributed by atoms with Gasteiger partial charge in [0.2, 0.25) is 0 Å². The third-order valence-corrected chi connectivity index (χ3v) is 3.68. The van der Waals surface area contributed by atoms with Crippen LogP contribution in [0.1, 0.15) is 21.5 Å². The summed E-state index contributed by atoms with van der Waals surface area (Å²) in [5.74, 6) is 0.00787. The van der Waals surface area contributed by atoms with Gasteiger partial charge in [-0.2, -0.15) is 0 Å². The molecule has 0 amide bonds. The van der Waals surface area contributed by atoms with Crippen LogP contribution in [0.4, 0.5) is 5.69 Å². The lowest BCUT2D eigenvalue weighted by Gasteiger charge is -2.04. The Bertz CT molecular complexity index is 815. The number of nitrogens with two attached hydrogens (primary N) is 1. The van der Waals surface area contributed by atoms with Crippen molar-refractivity contribution in [2.75, 3.05) is 5.73 Å². The Morgan fingerprint density at radius 3 is 2.65 bits per heavy atom. The number of nitrogens with zero attached hydrogens (tertiary/aromatic N) is 1. The van der Waals surface area contributed by atoms with Crippen molar-refractivity contribution in [3.8, 4) is 0 Å². The van der Waals surface area contributed by atoms with E-state index in [4.69, 9.17) is 5.73 Å². The highest BCUT2D eigenvalue weighted by Gasteiger charge is 2.15. The molecule has 0 aliphatic rings. The Morgan fingerprint density at radius 1 is 1.15 bits per heavy atom. The molecule has 3 heteroatoms. The van der Waals surface area contributed by atoms with Crippen molar-refractivity contribution in [3.63, 3.8) is 0 Å². The number of para-hydroxylation sites is 1. The van der Waals surface area contributed by atoms with Crippen molar-refractivity contribution in [2.24, 2.45) is 7.05 Å². The summed E-state index contributed by atoms with van der Waals surface area (Å²) in [6.45, 7) is 1.93. The van der Waals surface area contributed by atoms with E-state index in [-0.39, 0.29) is 5.78 Å². The second-order valence-electron chi connectivity index (χ2n) is 5.07. The van der Waals surface area contributed by atoms with Crippen LogP contribution in [-0.2, 0) is 7.05 Å². The fraction of sp³-hybridized carbons (Fsp3) is 0.118. The molecule has 1 aromatic heterocycles. The summed E-state index contributed by atoms with van der Waals surface area (Å²) in [6.07, 6.45) is 1.88. The smallest absolute Gasteiger partial charge is 0.195 e. The van der Waals surface area contributed by atoms with Crippen molar-refractivity contribution in [1.82, 2.24) is 4.57 Å². The number of fused-ring (bicyclic) bond motifs is 1. The van der Waals surface area contributed by atoms with Gasteiger partial charge in [0.15, 0.2) is 5.78 Å². The van der Waals surface area contributed by atoms with Crippen LogP contribution in [-0.4, -0.2) is 10.4 Å². The summed E-state index contributed by atoms with van der Waals surface area (Å²) in [6, 6.07) is 13.4. The number of aromatic nitrogens is 1. The fourth-order valence-electron chi connectivity index (χ4n) is 2.46. The van der Waals surface area contributed by atoms with Gasteiger partial charge in [0.25, 0.3) is 0 Å². The lowest BCUT2D eigenvalue weighted by Crippen LogP contribution is -2.02.